The number of nitrogens with one attached hydrogen (secondary N) is 1. The first-order valence-electron chi connectivity index (χ1n) is 6.38. The van der Waals surface area contributed by atoms with Crippen molar-refractivity contribution >= 4 is 23.3 Å². The Balaban J connectivity index is 0.000000295. The van der Waals surface area contributed by atoms with Crippen LogP contribution in [0.1, 0.15) is 22.5 Å². The van der Waals surface area contributed by atoms with E-state index in [1.807, 2.05) is 6.92 Å². The van der Waals surface area contributed by atoms with Gasteiger partial charge in [0.2, 0.25) is 0 Å². The Kier molecular flexibility index (Phi) is 6.75. The Morgan fingerprint density at radius 2 is 2.09 bits per heavy atom. The number of carbonyl (C=O) groups is 2. The lowest BCUT2D eigenvalue weighted by molar-refractivity contribution is -0.192. The monoisotopic (exact) mass is 340 g/mol. The van der Waals surface area contributed by atoms with Crippen molar-refractivity contribution in [3.63, 3.8) is 0 Å². The number of carboxylic acids is 1. The van der Waals surface area contributed by atoms with E-state index in [2.05, 4.69) is 10.3 Å². The molecule has 0 aliphatic carbocycles. The molecule has 1 aromatic rings. The van der Waals surface area contributed by atoms with E-state index < -0.39 is 12.1 Å². The summed E-state index contributed by atoms with van der Waals surface area (Å²) in [5, 5.41) is 11.3. The van der Waals surface area contributed by atoms with Gasteiger partial charge in [0.25, 0.3) is 0 Å². The van der Waals surface area contributed by atoms with Crippen molar-refractivity contribution in [3.05, 3.63) is 15.6 Å². The quantitative estimate of drug-likeness (QED) is 0.811. The Morgan fingerprint density at radius 3 is 2.59 bits per heavy atom. The molecular weight excluding hydrogens is 325 g/mol. The molecule has 0 spiro atoms. The lowest BCUT2D eigenvalue weighted by atomic mass is 10.2. The Morgan fingerprint density at radius 1 is 1.45 bits per heavy atom. The number of fused-ring (bicyclic) bond motifs is 1. The van der Waals surface area contributed by atoms with Crippen LogP contribution in [0.15, 0.2) is 0 Å². The van der Waals surface area contributed by atoms with Gasteiger partial charge in [0, 0.05) is 24.4 Å². The maximum atomic E-state index is 11.3. The molecule has 22 heavy (non-hydrogen) atoms. The van der Waals surface area contributed by atoms with E-state index in [1.165, 1.54) is 4.88 Å². The molecule has 1 aromatic heterocycles. The zero-order valence-electron chi connectivity index (χ0n) is 11.7. The Labute approximate surface area is 128 Å². The summed E-state index contributed by atoms with van der Waals surface area (Å²) in [4.78, 5) is 25.9. The summed E-state index contributed by atoms with van der Waals surface area (Å²) in [6.45, 7) is 4.12. The minimum atomic E-state index is -5.08. The molecule has 0 bridgehead atoms. The van der Waals surface area contributed by atoms with Gasteiger partial charge in [0.05, 0.1) is 18.7 Å². The fourth-order valence-corrected chi connectivity index (χ4v) is 2.66. The predicted molar refractivity (Wildman–Crippen MR) is 71.6 cm³/mol. The molecule has 0 amide bonds. The van der Waals surface area contributed by atoms with Crippen LogP contribution in [0.3, 0.4) is 0 Å². The highest BCUT2D eigenvalue weighted by Crippen LogP contribution is 2.21. The maximum absolute atomic E-state index is 11.3. The van der Waals surface area contributed by atoms with Crippen LogP contribution >= 0.6 is 11.3 Å². The highest BCUT2D eigenvalue weighted by molar-refractivity contribution is 7.11. The zero-order chi connectivity index (χ0) is 16.8. The van der Waals surface area contributed by atoms with Crippen molar-refractivity contribution in [2.24, 2.45) is 0 Å². The molecule has 0 radical (unpaired) electrons. The standard InChI is InChI=1S/C10H14N2O2S.C2HF3O2/c1-2-14-10(13)5-9-12-7-3-4-11-6-8(7)15-9;3-2(4,5)1(6)7/h11H,2-6H2,1H3;(H,6,7). The number of nitrogens with zero attached hydrogens (tertiary/aromatic N) is 1. The SMILES string of the molecule is CCOC(=O)Cc1nc2c(s1)CNCC2.O=C(O)C(F)(F)F. The van der Waals surface area contributed by atoms with Crippen LogP contribution < -0.4 is 5.32 Å². The second kappa shape index (κ2) is 8.08. The maximum Gasteiger partial charge on any atom is 0.490 e. The van der Waals surface area contributed by atoms with E-state index in [1.54, 1.807) is 11.3 Å². The van der Waals surface area contributed by atoms with E-state index in [-0.39, 0.29) is 5.97 Å². The number of thiazole rings is 1. The third kappa shape index (κ3) is 5.98. The van der Waals surface area contributed by atoms with Gasteiger partial charge in [-0.15, -0.1) is 11.3 Å². The van der Waals surface area contributed by atoms with Crippen LogP contribution in [0.25, 0.3) is 0 Å². The van der Waals surface area contributed by atoms with Crippen LogP contribution in [0.4, 0.5) is 13.2 Å². The highest BCUT2D eigenvalue weighted by atomic mass is 32.1. The highest BCUT2D eigenvalue weighted by Gasteiger charge is 2.38. The number of aliphatic carboxylic acids is 1. The van der Waals surface area contributed by atoms with Gasteiger partial charge in [-0.3, -0.25) is 4.79 Å². The summed E-state index contributed by atoms with van der Waals surface area (Å²) in [6, 6.07) is 0. The van der Waals surface area contributed by atoms with Crippen LogP contribution in [0, 0.1) is 0 Å². The molecule has 2 heterocycles. The molecule has 2 rings (SSSR count). The Hall–Kier alpha value is -1.68. The minimum absolute atomic E-state index is 0.184. The first-order valence-corrected chi connectivity index (χ1v) is 7.19. The lowest BCUT2D eigenvalue weighted by Crippen LogP contribution is -2.22. The number of carboxylic acid groups (broad SMARTS) is 1. The van der Waals surface area contributed by atoms with Gasteiger partial charge in [-0.05, 0) is 6.92 Å². The molecular formula is C12H15F3N2O4S. The Bertz CT molecular complexity index is 507. The number of ether oxygens (including phenoxy) is 1. The second-order valence-corrected chi connectivity index (χ2v) is 5.36. The summed E-state index contributed by atoms with van der Waals surface area (Å²) in [7, 11) is 0. The van der Waals surface area contributed by atoms with E-state index in [4.69, 9.17) is 14.6 Å². The summed E-state index contributed by atoms with van der Waals surface area (Å²) in [6.07, 6.45) is -3.81. The van der Waals surface area contributed by atoms with E-state index in [9.17, 15) is 18.0 Å². The van der Waals surface area contributed by atoms with Gasteiger partial charge in [0.1, 0.15) is 5.01 Å². The van der Waals surface area contributed by atoms with Crippen molar-refractivity contribution in [3.8, 4) is 0 Å². The smallest absolute Gasteiger partial charge is 0.475 e. The third-order valence-corrected chi connectivity index (χ3v) is 3.59. The van der Waals surface area contributed by atoms with Crippen molar-refractivity contribution in [1.29, 1.82) is 0 Å². The summed E-state index contributed by atoms with van der Waals surface area (Å²) in [5.41, 5.74) is 1.15. The summed E-state index contributed by atoms with van der Waals surface area (Å²) in [5.74, 6) is -2.94. The zero-order valence-corrected chi connectivity index (χ0v) is 12.5. The van der Waals surface area contributed by atoms with Crippen molar-refractivity contribution in [2.75, 3.05) is 13.2 Å². The number of halogens is 3. The largest absolute Gasteiger partial charge is 0.490 e. The molecule has 0 fully saturated rings. The number of rotatable bonds is 3. The molecule has 6 nitrogen and oxygen atoms in total. The lowest BCUT2D eigenvalue weighted by Gasteiger charge is -2.09. The first-order chi connectivity index (χ1) is 10.2. The van der Waals surface area contributed by atoms with Crippen LogP contribution in [-0.2, 0) is 33.7 Å². The van der Waals surface area contributed by atoms with Crippen LogP contribution in [-0.4, -0.2) is 41.4 Å². The number of carbonyl (C=O) groups excluding carboxylic acids is 1. The molecule has 0 saturated heterocycles. The van der Waals surface area contributed by atoms with E-state index in [0.717, 1.165) is 30.2 Å². The summed E-state index contributed by atoms with van der Waals surface area (Å²) < 4.78 is 36.6. The number of esters is 1. The summed E-state index contributed by atoms with van der Waals surface area (Å²) >= 11 is 1.62. The van der Waals surface area contributed by atoms with E-state index >= 15 is 0 Å². The van der Waals surface area contributed by atoms with Gasteiger partial charge in [-0.1, -0.05) is 0 Å². The van der Waals surface area contributed by atoms with Crippen molar-refractivity contribution in [2.45, 2.75) is 32.5 Å². The van der Waals surface area contributed by atoms with Crippen LogP contribution in [0.5, 0.6) is 0 Å². The molecule has 1 aliphatic heterocycles. The molecule has 0 saturated carbocycles. The van der Waals surface area contributed by atoms with E-state index in [0.29, 0.717) is 13.0 Å². The average molecular weight is 340 g/mol. The fraction of sp³-hybridized carbons (Fsp3) is 0.583. The van der Waals surface area contributed by atoms with Gasteiger partial charge in [0.15, 0.2) is 0 Å². The topological polar surface area (TPSA) is 88.5 Å². The minimum Gasteiger partial charge on any atom is -0.475 e. The van der Waals surface area contributed by atoms with Crippen molar-refractivity contribution in [1.82, 2.24) is 10.3 Å². The first kappa shape index (κ1) is 18.4. The predicted octanol–water partition coefficient (Wildman–Crippen LogP) is 1.53. The average Bonchev–Trinajstić information content (AvgIpc) is 2.80. The third-order valence-electron chi connectivity index (χ3n) is 2.49. The van der Waals surface area contributed by atoms with Crippen LogP contribution in [0.2, 0.25) is 0 Å². The normalized spacial score (nSPS) is 13.6. The number of aromatic nitrogens is 1. The molecule has 10 heteroatoms. The number of alkyl halides is 3. The molecule has 0 unspecified atom stereocenters. The molecule has 124 valence electrons. The van der Waals surface area contributed by atoms with Gasteiger partial charge >= 0.3 is 18.1 Å². The van der Waals surface area contributed by atoms with Gasteiger partial charge in [-0.2, -0.15) is 13.2 Å². The number of hydrogen-bond acceptors (Lipinski definition) is 6. The number of hydrogen-bond donors (Lipinski definition) is 2. The van der Waals surface area contributed by atoms with Gasteiger partial charge < -0.3 is 15.2 Å². The molecule has 0 atom stereocenters. The molecule has 1 aliphatic rings. The molecule has 2 N–H and O–H groups in total. The molecule has 0 aromatic carbocycles. The van der Waals surface area contributed by atoms with Crippen molar-refractivity contribution < 1.29 is 32.6 Å². The second-order valence-electron chi connectivity index (χ2n) is 4.19. The fourth-order valence-electron chi connectivity index (χ4n) is 1.59. The van der Waals surface area contributed by atoms with Gasteiger partial charge in [-0.25, -0.2) is 9.78 Å².